The van der Waals surface area contributed by atoms with Gasteiger partial charge in [-0.2, -0.15) is 0 Å². The minimum atomic E-state index is -0.390. The molecule has 1 amide bonds. The molecule has 140 valence electrons. The van der Waals surface area contributed by atoms with Crippen LogP contribution in [-0.4, -0.2) is 18.3 Å². The Morgan fingerprint density at radius 1 is 1.26 bits per heavy atom. The van der Waals surface area contributed by atoms with Crippen LogP contribution in [0.3, 0.4) is 0 Å². The van der Waals surface area contributed by atoms with Crippen molar-refractivity contribution in [3.8, 4) is 5.75 Å². The molecule has 0 fully saturated rings. The second kappa shape index (κ2) is 7.14. The van der Waals surface area contributed by atoms with E-state index in [-0.39, 0.29) is 42.5 Å². The summed E-state index contributed by atoms with van der Waals surface area (Å²) in [6.07, 6.45) is 3.23. The molecule has 0 radical (unpaired) electrons. The minimum Gasteiger partial charge on any atom is -0.483 e. The van der Waals surface area contributed by atoms with Crippen molar-refractivity contribution in [2.24, 2.45) is 0 Å². The van der Waals surface area contributed by atoms with E-state index in [2.05, 4.69) is 11.4 Å². The van der Waals surface area contributed by atoms with E-state index in [0.29, 0.717) is 16.9 Å². The number of fused-ring (bicyclic) bond motifs is 2. The monoisotopic (exact) mass is 367 g/mol. The van der Waals surface area contributed by atoms with Crippen LogP contribution in [0.5, 0.6) is 5.75 Å². The fourth-order valence-corrected chi connectivity index (χ4v) is 4.23. The number of amides is 1. The standard InChI is InChI=1S/C22H22FNO3/c1-13-11-18(25)22-19(10-9-16(23)21(13)22)27-12-20(26)24-17-8-4-6-14-5-2-3-7-15(14)17/h2-3,5,7,9-10,13,17H,4,6,8,11-12H2,1H3,(H,24,26)/t13-,17-/m1/s1. The summed E-state index contributed by atoms with van der Waals surface area (Å²) in [6, 6.07) is 10.9. The van der Waals surface area contributed by atoms with Crippen molar-refractivity contribution >= 4 is 11.7 Å². The molecular formula is C22H22FNO3. The van der Waals surface area contributed by atoms with E-state index in [0.717, 1.165) is 24.8 Å². The highest BCUT2D eigenvalue weighted by molar-refractivity contribution is 6.03. The van der Waals surface area contributed by atoms with Gasteiger partial charge in [0.05, 0.1) is 11.6 Å². The molecule has 2 aromatic carbocycles. The molecule has 2 aliphatic rings. The van der Waals surface area contributed by atoms with Crippen LogP contribution in [-0.2, 0) is 11.2 Å². The molecule has 0 spiro atoms. The molecule has 0 unspecified atom stereocenters. The number of aryl methyl sites for hydroxylation is 1. The van der Waals surface area contributed by atoms with E-state index < -0.39 is 0 Å². The van der Waals surface area contributed by atoms with Gasteiger partial charge in [-0.3, -0.25) is 9.59 Å². The third kappa shape index (κ3) is 3.34. The van der Waals surface area contributed by atoms with E-state index in [1.54, 1.807) is 0 Å². The van der Waals surface area contributed by atoms with Crippen LogP contribution in [0, 0.1) is 5.82 Å². The van der Waals surface area contributed by atoms with Gasteiger partial charge in [0.1, 0.15) is 11.6 Å². The fraction of sp³-hybridized carbons (Fsp3) is 0.364. The molecule has 4 rings (SSSR count). The first-order valence-corrected chi connectivity index (χ1v) is 9.40. The summed E-state index contributed by atoms with van der Waals surface area (Å²) in [5, 5.41) is 3.02. The number of benzene rings is 2. The van der Waals surface area contributed by atoms with Gasteiger partial charge in [-0.25, -0.2) is 4.39 Å². The molecule has 0 heterocycles. The van der Waals surface area contributed by atoms with Gasteiger partial charge in [-0.1, -0.05) is 31.2 Å². The van der Waals surface area contributed by atoms with Crippen molar-refractivity contribution in [1.29, 1.82) is 0 Å². The molecule has 2 aromatic rings. The SMILES string of the molecule is C[C@@H]1CC(=O)c2c(OCC(=O)N[C@@H]3CCCc4ccccc43)ccc(F)c21. The number of halogens is 1. The molecule has 4 nitrogen and oxygen atoms in total. The zero-order valence-electron chi connectivity index (χ0n) is 15.3. The van der Waals surface area contributed by atoms with Gasteiger partial charge in [0.25, 0.3) is 5.91 Å². The van der Waals surface area contributed by atoms with Gasteiger partial charge in [-0.05, 0) is 48.4 Å². The van der Waals surface area contributed by atoms with E-state index in [1.165, 1.54) is 17.7 Å². The lowest BCUT2D eigenvalue weighted by Crippen LogP contribution is -2.34. The van der Waals surface area contributed by atoms with Crippen molar-refractivity contribution in [3.63, 3.8) is 0 Å². The highest BCUT2D eigenvalue weighted by Gasteiger charge is 2.32. The topological polar surface area (TPSA) is 55.4 Å². The minimum absolute atomic E-state index is 0.0216. The van der Waals surface area contributed by atoms with Gasteiger partial charge in [0, 0.05) is 12.0 Å². The Hall–Kier alpha value is -2.69. The quantitative estimate of drug-likeness (QED) is 0.886. The molecule has 2 aliphatic carbocycles. The Kier molecular flexibility index (Phi) is 4.68. The first-order valence-electron chi connectivity index (χ1n) is 9.40. The molecular weight excluding hydrogens is 345 g/mol. The Morgan fingerprint density at radius 3 is 2.93 bits per heavy atom. The summed E-state index contributed by atoms with van der Waals surface area (Å²) < 4.78 is 19.7. The molecule has 0 saturated heterocycles. The van der Waals surface area contributed by atoms with Crippen molar-refractivity contribution < 1.29 is 18.7 Å². The number of hydrogen-bond acceptors (Lipinski definition) is 3. The third-order valence-corrected chi connectivity index (χ3v) is 5.48. The largest absolute Gasteiger partial charge is 0.483 e. The molecule has 27 heavy (non-hydrogen) atoms. The van der Waals surface area contributed by atoms with Gasteiger partial charge in [-0.15, -0.1) is 0 Å². The number of carbonyl (C=O) groups excluding carboxylic acids is 2. The number of ether oxygens (including phenoxy) is 1. The van der Waals surface area contributed by atoms with Gasteiger partial charge < -0.3 is 10.1 Å². The van der Waals surface area contributed by atoms with E-state index in [4.69, 9.17) is 4.74 Å². The van der Waals surface area contributed by atoms with E-state index in [1.807, 2.05) is 25.1 Å². The smallest absolute Gasteiger partial charge is 0.258 e. The van der Waals surface area contributed by atoms with Crippen molar-refractivity contribution in [1.82, 2.24) is 5.32 Å². The number of ketones is 1. The second-order valence-corrected chi connectivity index (χ2v) is 7.36. The maximum Gasteiger partial charge on any atom is 0.258 e. The molecule has 0 aromatic heterocycles. The maximum absolute atomic E-state index is 14.1. The molecule has 0 bridgehead atoms. The van der Waals surface area contributed by atoms with Crippen molar-refractivity contribution in [2.75, 3.05) is 6.61 Å². The molecule has 0 saturated carbocycles. The molecule has 1 N–H and O–H groups in total. The van der Waals surface area contributed by atoms with Crippen LogP contribution in [0.25, 0.3) is 0 Å². The average Bonchev–Trinajstić information content (AvgIpc) is 2.97. The molecule has 5 heteroatoms. The van der Waals surface area contributed by atoms with Gasteiger partial charge >= 0.3 is 0 Å². The lowest BCUT2D eigenvalue weighted by molar-refractivity contribution is -0.124. The van der Waals surface area contributed by atoms with Crippen LogP contribution < -0.4 is 10.1 Å². The Labute approximate surface area is 157 Å². The zero-order valence-corrected chi connectivity index (χ0v) is 15.3. The Bertz CT molecular complexity index is 908. The number of rotatable bonds is 4. The summed E-state index contributed by atoms with van der Waals surface area (Å²) in [5.74, 6) is -0.635. The third-order valence-electron chi connectivity index (χ3n) is 5.48. The van der Waals surface area contributed by atoms with Crippen LogP contribution in [0.2, 0.25) is 0 Å². The van der Waals surface area contributed by atoms with Gasteiger partial charge in [0.15, 0.2) is 12.4 Å². The predicted octanol–water partition coefficient (Wildman–Crippen LogP) is 4.09. The van der Waals surface area contributed by atoms with Crippen LogP contribution in [0.4, 0.5) is 4.39 Å². The summed E-state index contributed by atoms with van der Waals surface area (Å²) in [6.45, 7) is 1.63. The number of hydrogen-bond donors (Lipinski definition) is 1. The normalized spacial score (nSPS) is 20.7. The highest BCUT2D eigenvalue weighted by Crippen LogP contribution is 2.39. The summed E-state index contributed by atoms with van der Waals surface area (Å²) in [5.41, 5.74) is 3.12. The van der Waals surface area contributed by atoms with Crippen molar-refractivity contribution in [2.45, 2.75) is 44.6 Å². The predicted molar refractivity (Wildman–Crippen MR) is 99.5 cm³/mol. The van der Waals surface area contributed by atoms with E-state index in [9.17, 15) is 14.0 Å². The Morgan fingerprint density at radius 2 is 2.07 bits per heavy atom. The number of carbonyl (C=O) groups is 2. The van der Waals surface area contributed by atoms with Gasteiger partial charge in [0.2, 0.25) is 0 Å². The maximum atomic E-state index is 14.1. The van der Waals surface area contributed by atoms with Crippen LogP contribution >= 0.6 is 0 Å². The highest BCUT2D eigenvalue weighted by atomic mass is 19.1. The average molecular weight is 367 g/mol. The molecule has 0 aliphatic heterocycles. The Balaban J connectivity index is 1.45. The second-order valence-electron chi connectivity index (χ2n) is 7.36. The summed E-state index contributed by atoms with van der Waals surface area (Å²) in [4.78, 5) is 24.6. The number of nitrogens with one attached hydrogen (secondary N) is 1. The molecule has 2 atom stereocenters. The lowest BCUT2D eigenvalue weighted by Gasteiger charge is -2.26. The van der Waals surface area contributed by atoms with Crippen LogP contribution in [0.15, 0.2) is 36.4 Å². The van der Waals surface area contributed by atoms with E-state index >= 15 is 0 Å². The summed E-state index contributed by atoms with van der Waals surface area (Å²) >= 11 is 0. The number of Topliss-reactive ketones (excluding diaryl/α,β-unsaturated/α-hetero) is 1. The first kappa shape index (κ1) is 17.7. The lowest BCUT2D eigenvalue weighted by atomic mass is 9.88. The van der Waals surface area contributed by atoms with Crippen LogP contribution in [0.1, 0.15) is 65.2 Å². The van der Waals surface area contributed by atoms with Crippen molar-refractivity contribution in [3.05, 3.63) is 64.5 Å². The first-order chi connectivity index (χ1) is 13.0. The summed E-state index contributed by atoms with van der Waals surface area (Å²) in [7, 11) is 0. The fourth-order valence-electron chi connectivity index (χ4n) is 4.23. The zero-order chi connectivity index (χ0) is 19.0.